The van der Waals surface area contributed by atoms with E-state index in [4.69, 9.17) is 10.00 Å². The third-order valence-corrected chi connectivity index (χ3v) is 2.55. The Morgan fingerprint density at radius 2 is 2.27 bits per heavy atom. The van der Waals surface area contributed by atoms with E-state index in [1.165, 1.54) is 0 Å². The smallest absolute Gasteiger partial charge is 0.137 e. The molecule has 1 aliphatic rings. The summed E-state index contributed by atoms with van der Waals surface area (Å²) in [5, 5.41) is 12.2. The van der Waals surface area contributed by atoms with E-state index >= 15 is 0 Å². The Balaban J connectivity index is 2.06. The maximum Gasteiger partial charge on any atom is 0.137 e. The van der Waals surface area contributed by atoms with Crippen LogP contribution >= 0.6 is 0 Å². The second-order valence-corrected chi connectivity index (χ2v) is 3.69. The predicted molar refractivity (Wildman–Crippen MR) is 57.7 cm³/mol. The summed E-state index contributed by atoms with van der Waals surface area (Å²) >= 11 is 0. The van der Waals surface area contributed by atoms with Gasteiger partial charge in [0, 0.05) is 6.54 Å². The molecule has 1 aromatic rings. The predicted octanol–water partition coefficient (Wildman–Crippen LogP) is 1.69. The molecule has 0 amide bonds. The first-order chi connectivity index (χ1) is 7.40. The van der Waals surface area contributed by atoms with Gasteiger partial charge >= 0.3 is 0 Å². The molecule has 0 saturated carbocycles. The van der Waals surface area contributed by atoms with Crippen molar-refractivity contribution in [3.05, 3.63) is 29.8 Å². The molecule has 15 heavy (non-hydrogen) atoms. The molecule has 0 radical (unpaired) electrons. The molecule has 2 rings (SSSR count). The van der Waals surface area contributed by atoms with E-state index < -0.39 is 0 Å². The van der Waals surface area contributed by atoms with Crippen molar-refractivity contribution in [2.45, 2.75) is 18.9 Å². The molecule has 3 heteroatoms. The minimum atomic E-state index is 0.202. The molecule has 0 spiro atoms. The molecular formula is C12H14N2O. The molecule has 0 aromatic heterocycles. The van der Waals surface area contributed by atoms with Crippen LogP contribution in [-0.4, -0.2) is 19.2 Å². The summed E-state index contributed by atoms with van der Waals surface area (Å²) in [6, 6.07) is 9.52. The zero-order valence-corrected chi connectivity index (χ0v) is 8.57. The number of hydrogen-bond donors (Lipinski definition) is 1. The highest BCUT2D eigenvalue weighted by Crippen LogP contribution is 2.20. The van der Waals surface area contributed by atoms with Crippen molar-refractivity contribution in [1.82, 2.24) is 5.32 Å². The van der Waals surface area contributed by atoms with Crippen LogP contribution in [-0.2, 0) is 0 Å². The van der Waals surface area contributed by atoms with Crippen LogP contribution in [0, 0.1) is 11.3 Å². The third-order valence-electron chi connectivity index (χ3n) is 2.55. The van der Waals surface area contributed by atoms with Gasteiger partial charge in [0.15, 0.2) is 0 Å². The Kier molecular flexibility index (Phi) is 3.21. The molecule has 1 aromatic carbocycles. The van der Waals surface area contributed by atoms with Gasteiger partial charge in [-0.05, 0) is 31.5 Å². The Labute approximate surface area is 89.7 Å². The van der Waals surface area contributed by atoms with Gasteiger partial charge in [-0.25, -0.2) is 0 Å². The van der Waals surface area contributed by atoms with Crippen LogP contribution in [0.2, 0.25) is 0 Å². The van der Waals surface area contributed by atoms with Crippen LogP contribution in [0.4, 0.5) is 0 Å². The van der Waals surface area contributed by atoms with Gasteiger partial charge in [-0.15, -0.1) is 0 Å². The molecular weight excluding hydrogens is 188 g/mol. The maximum atomic E-state index is 8.90. The molecule has 3 nitrogen and oxygen atoms in total. The third kappa shape index (κ3) is 2.48. The Bertz CT molecular complexity index is 364. The first kappa shape index (κ1) is 10.0. The second-order valence-electron chi connectivity index (χ2n) is 3.69. The summed E-state index contributed by atoms with van der Waals surface area (Å²) in [4.78, 5) is 0. The van der Waals surface area contributed by atoms with Crippen molar-refractivity contribution in [3.63, 3.8) is 0 Å². The Hall–Kier alpha value is -1.53. The molecule has 1 N–H and O–H groups in total. The van der Waals surface area contributed by atoms with Gasteiger partial charge in [-0.3, -0.25) is 0 Å². The van der Waals surface area contributed by atoms with E-state index in [2.05, 4.69) is 11.4 Å². The van der Waals surface area contributed by atoms with Gasteiger partial charge < -0.3 is 10.1 Å². The monoisotopic (exact) mass is 202 g/mol. The van der Waals surface area contributed by atoms with Crippen molar-refractivity contribution in [2.24, 2.45) is 0 Å². The van der Waals surface area contributed by atoms with Gasteiger partial charge in [-0.2, -0.15) is 5.26 Å². The molecule has 1 saturated heterocycles. The number of rotatable bonds is 2. The largest absolute Gasteiger partial charge is 0.488 e. The number of para-hydroxylation sites is 1. The number of nitrogens with zero attached hydrogens (tertiary/aromatic N) is 1. The molecule has 1 heterocycles. The van der Waals surface area contributed by atoms with Crippen molar-refractivity contribution < 1.29 is 4.74 Å². The number of nitriles is 1. The van der Waals surface area contributed by atoms with Crippen LogP contribution in [0.25, 0.3) is 0 Å². The molecule has 1 aliphatic heterocycles. The average Bonchev–Trinajstić information content (AvgIpc) is 2.31. The van der Waals surface area contributed by atoms with Gasteiger partial charge in [-0.1, -0.05) is 12.1 Å². The number of nitrogens with one attached hydrogen (secondary N) is 1. The highest BCUT2D eigenvalue weighted by molar-refractivity contribution is 5.42. The van der Waals surface area contributed by atoms with E-state index in [9.17, 15) is 0 Å². The minimum Gasteiger partial charge on any atom is -0.488 e. The van der Waals surface area contributed by atoms with Crippen molar-refractivity contribution in [3.8, 4) is 11.8 Å². The average molecular weight is 202 g/mol. The fraction of sp³-hybridized carbons (Fsp3) is 0.417. The molecule has 0 aliphatic carbocycles. The number of piperidine rings is 1. The summed E-state index contributed by atoms with van der Waals surface area (Å²) in [5.74, 6) is 0.703. The molecule has 0 bridgehead atoms. The van der Waals surface area contributed by atoms with E-state index in [1.807, 2.05) is 18.2 Å². The number of benzene rings is 1. The van der Waals surface area contributed by atoms with Crippen molar-refractivity contribution in [1.29, 1.82) is 5.26 Å². The van der Waals surface area contributed by atoms with Crippen LogP contribution in [0.15, 0.2) is 24.3 Å². The van der Waals surface area contributed by atoms with E-state index in [-0.39, 0.29) is 6.10 Å². The lowest BCUT2D eigenvalue weighted by Crippen LogP contribution is -2.37. The fourth-order valence-corrected chi connectivity index (χ4v) is 1.76. The van der Waals surface area contributed by atoms with Gasteiger partial charge in [0.1, 0.15) is 17.9 Å². The maximum absolute atomic E-state index is 8.90. The zero-order valence-electron chi connectivity index (χ0n) is 8.57. The van der Waals surface area contributed by atoms with Crippen LogP contribution in [0.1, 0.15) is 18.4 Å². The van der Waals surface area contributed by atoms with E-state index in [1.54, 1.807) is 6.07 Å². The highest BCUT2D eigenvalue weighted by Gasteiger charge is 2.15. The standard InChI is InChI=1S/C12H14N2O/c13-8-10-4-1-2-6-12(10)15-11-5-3-7-14-9-11/h1-2,4,6,11,14H,3,5,7,9H2. The van der Waals surface area contributed by atoms with Crippen molar-refractivity contribution in [2.75, 3.05) is 13.1 Å². The minimum absolute atomic E-state index is 0.202. The topological polar surface area (TPSA) is 45.0 Å². The molecule has 78 valence electrons. The van der Waals surface area contributed by atoms with Crippen molar-refractivity contribution >= 4 is 0 Å². The zero-order chi connectivity index (χ0) is 10.5. The number of ether oxygens (including phenoxy) is 1. The lowest BCUT2D eigenvalue weighted by atomic mass is 10.1. The summed E-state index contributed by atoms with van der Waals surface area (Å²) in [6.45, 7) is 1.94. The number of hydrogen-bond acceptors (Lipinski definition) is 3. The summed E-state index contributed by atoms with van der Waals surface area (Å²) < 4.78 is 5.79. The van der Waals surface area contributed by atoms with E-state index in [0.717, 1.165) is 25.9 Å². The summed E-state index contributed by atoms with van der Waals surface area (Å²) in [5.41, 5.74) is 0.614. The van der Waals surface area contributed by atoms with Gasteiger partial charge in [0.2, 0.25) is 0 Å². The second kappa shape index (κ2) is 4.81. The SMILES string of the molecule is N#Cc1ccccc1OC1CCCNC1. The van der Waals surface area contributed by atoms with Gasteiger partial charge in [0.25, 0.3) is 0 Å². The first-order valence-electron chi connectivity index (χ1n) is 5.26. The molecule has 1 fully saturated rings. The lowest BCUT2D eigenvalue weighted by molar-refractivity contribution is 0.166. The van der Waals surface area contributed by atoms with Gasteiger partial charge in [0.05, 0.1) is 5.56 Å². The summed E-state index contributed by atoms with van der Waals surface area (Å²) in [6.07, 6.45) is 2.40. The highest BCUT2D eigenvalue weighted by atomic mass is 16.5. The Morgan fingerprint density at radius 3 is 3.00 bits per heavy atom. The Morgan fingerprint density at radius 1 is 1.40 bits per heavy atom. The quantitative estimate of drug-likeness (QED) is 0.793. The lowest BCUT2D eigenvalue weighted by Gasteiger charge is -2.24. The van der Waals surface area contributed by atoms with Crippen LogP contribution < -0.4 is 10.1 Å². The molecule has 1 unspecified atom stereocenters. The normalized spacial score (nSPS) is 20.6. The van der Waals surface area contributed by atoms with Crippen LogP contribution in [0.5, 0.6) is 5.75 Å². The molecule has 1 atom stereocenters. The first-order valence-corrected chi connectivity index (χ1v) is 5.26. The van der Waals surface area contributed by atoms with Crippen LogP contribution in [0.3, 0.4) is 0 Å². The summed E-state index contributed by atoms with van der Waals surface area (Å²) in [7, 11) is 0. The fourth-order valence-electron chi connectivity index (χ4n) is 1.76. The van der Waals surface area contributed by atoms with E-state index in [0.29, 0.717) is 11.3 Å².